The molecule has 3 heterocycles. The summed E-state index contributed by atoms with van der Waals surface area (Å²) in [5.41, 5.74) is -4.84. The number of carboxylic acid groups (broad SMARTS) is 1. The molecule has 0 aromatic rings. The van der Waals surface area contributed by atoms with Crippen LogP contribution in [-0.2, 0) is 42.8 Å². The number of Topliss-reactive ketones (excluding diaryl/α,β-unsaturated/α-hetero) is 1. The first kappa shape index (κ1) is 60.1. The van der Waals surface area contributed by atoms with Crippen LogP contribution in [-0.4, -0.2) is 226 Å². The number of rotatable bonds is 13. The molecule has 12 N–H and O–H groups in total. The van der Waals surface area contributed by atoms with Crippen molar-refractivity contribution < 1.29 is 104 Å². The van der Waals surface area contributed by atoms with E-state index in [0.29, 0.717) is 6.42 Å². The minimum atomic E-state index is -2.29. The molecule has 0 aromatic heterocycles. The van der Waals surface area contributed by atoms with E-state index in [1.807, 2.05) is 25.9 Å². The molecule has 0 spiro atoms. The van der Waals surface area contributed by atoms with Crippen LogP contribution in [0.4, 0.5) is 0 Å². The molecule has 0 aliphatic carbocycles. The van der Waals surface area contributed by atoms with Crippen LogP contribution in [0.5, 0.6) is 0 Å². The van der Waals surface area contributed by atoms with Crippen LogP contribution in [0.2, 0.25) is 0 Å². The number of nitrogens with zero attached hydrogens (tertiary/aromatic N) is 1. The van der Waals surface area contributed by atoms with E-state index in [0.717, 1.165) is 0 Å². The molecule has 388 valence electrons. The van der Waals surface area contributed by atoms with Gasteiger partial charge < -0.3 is 94.6 Å². The first-order valence-corrected chi connectivity index (χ1v) is 22.6. The molecule has 23 atom stereocenters. The zero-order valence-corrected chi connectivity index (χ0v) is 40.6. The third kappa shape index (κ3) is 14.3. The van der Waals surface area contributed by atoms with Crippen LogP contribution in [0.25, 0.3) is 0 Å². The molecule has 0 unspecified atom stereocenters. The van der Waals surface area contributed by atoms with E-state index < -0.39 is 151 Å². The number of aliphatic hydroxyl groups is 11. The van der Waals surface area contributed by atoms with Gasteiger partial charge in [-0.05, 0) is 74.9 Å². The Bertz CT molecular complexity index is 1540. The second kappa shape index (κ2) is 24.7. The maximum absolute atomic E-state index is 14.1. The minimum Gasteiger partial charge on any atom is -0.479 e. The summed E-state index contributed by atoms with van der Waals surface area (Å²) in [6.45, 7) is 15.5. The molecule has 3 aliphatic rings. The van der Waals surface area contributed by atoms with Crippen LogP contribution in [0, 0.1) is 23.7 Å². The van der Waals surface area contributed by atoms with Gasteiger partial charge in [0.15, 0.2) is 18.7 Å². The largest absolute Gasteiger partial charge is 0.479 e. The number of carbonyl (C=O) groups is 3. The normalized spacial score (nSPS) is 43.3. The Morgan fingerprint density at radius 1 is 0.848 bits per heavy atom. The smallest absolute Gasteiger partial charge is 0.335 e. The molecule has 3 aliphatic heterocycles. The number of aliphatic hydroxyl groups excluding tert-OH is 9. The van der Waals surface area contributed by atoms with E-state index in [-0.39, 0.29) is 31.4 Å². The van der Waals surface area contributed by atoms with Crippen molar-refractivity contribution in [3.05, 3.63) is 0 Å². The number of hydrogen-bond donors (Lipinski definition) is 12. The monoisotopic (exact) mass is 960 g/mol. The lowest BCUT2D eigenvalue weighted by Crippen LogP contribution is -2.61. The second-order valence-electron chi connectivity index (χ2n) is 19.5. The minimum absolute atomic E-state index is 0.0936. The van der Waals surface area contributed by atoms with Gasteiger partial charge >= 0.3 is 11.9 Å². The Labute approximate surface area is 387 Å². The first-order valence-electron chi connectivity index (χ1n) is 22.6. The van der Waals surface area contributed by atoms with Crippen LogP contribution < -0.4 is 0 Å². The van der Waals surface area contributed by atoms with Crippen molar-refractivity contribution >= 4 is 17.7 Å². The molecule has 3 saturated heterocycles. The van der Waals surface area contributed by atoms with Gasteiger partial charge in [0.2, 0.25) is 0 Å². The quantitative estimate of drug-likeness (QED) is 0.0860. The molecule has 3 fully saturated rings. The maximum atomic E-state index is 14.1. The van der Waals surface area contributed by atoms with Crippen molar-refractivity contribution in [2.45, 2.75) is 210 Å². The zero-order valence-electron chi connectivity index (χ0n) is 40.6. The van der Waals surface area contributed by atoms with Gasteiger partial charge in [0, 0.05) is 37.3 Å². The average molecular weight is 960 g/mol. The molecular formula is C44H81NO21. The fourth-order valence-corrected chi connectivity index (χ4v) is 9.28. The Hall–Kier alpha value is -2.07. The predicted molar refractivity (Wildman–Crippen MR) is 231 cm³/mol. The standard InChI is InChI=1S/C37H67NO13.C7H14O8/c1-14-25-37(10,45)30(41)20(4)27(39)18(2)16-35(8,44)32(51-34-28(40)24(38(11)12)15-19(3)47-34)21(5)29(22(6)33(43)49-25)50-26-17-36(9,46-13)31(42)23(7)48-26;8-1-2(9)3(10)4(11)5(12)6(13)7(14)15/h18-26,28-32,34,40-42,44-45H,14-17H2,1-13H3;2-6,8-13H,1H2,(H,14,15)/t18-,19-,20+,21+,22-,23+,24+,25-,26+,28-,29+,30-,31+,32-,34+,35-,36-,37-;2-,3-,4+,5-,6-/m11/s1. The van der Waals surface area contributed by atoms with Crippen molar-refractivity contribution in [1.82, 2.24) is 4.90 Å². The summed E-state index contributed by atoms with van der Waals surface area (Å²) in [7, 11) is 5.18. The number of carboxylic acids is 1. The molecule has 0 saturated carbocycles. The number of likely N-dealkylation sites (N-methyl/N-ethyl adjacent to an activating group) is 1. The zero-order chi connectivity index (χ0) is 51.1. The summed E-state index contributed by atoms with van der Waals surface area (Å²) >= 11 is 0. The van der Waals surface area contributed by atoms with Crippen LogP contribution in [0.1, 0.15) is 94.9 Å². The van der Waals surface area contributed by atoms with Crippen molar-refractivity contribution in [2.24, 2.45) is 23.7 Å². The molecule has 66 heavy (non-hydrogen) atoms. The van der Waals surface area contributed by atoms with Gasteiger partial charge in [-0.3, -0.25) is 9.59 Å². The molecule has 0 amide bonds. The number of cyclic esters (lactones) is 1. The summed E-state index contributed by atoms with van der Waals surface area (Å²) in [5, 5.41) is 119. The van der Waals surface area contributed by atoms with Gasteiger partial charge in [-0.1, -0.05) is 27.7 Å². The third-order valence-electron chi connectivity index (χ3n) is 13.7. The molecule has 3 rings (SSSR count). The van der Waals surface area contributed by atoms with Crippen molar-refractivity contribution in [2.75, 3.05) is 27.8 Å². The Kier molecular flexibility index (Phi) is 22.4. The number of carbonyl (C=O) groups excluding carboxylic acids is 2. The Balaban J connectivity index is 0.000000850. The lowest BCUT2D eigenvalue weighted by atomic mass is 9.74. The second-order valence-corrected chi connectivity index (χ2v) is 19.5. The van der Waals surface area contributed by atoms with Gasteiger partial charge in [0.25, 0.3) is 0 Å². The lowest BCUT2D eigenvalue weighted by Gasteiger charge is -2.49. The SMILES string of the molecule is CC[C@H]1OC(=O)[C@H](C)[C@@H](O[C@H]2C[C@@](C)(OC)[C@@H](O)[C@H](C)O2)[C@H](C)[C@@H](O[C@@H]2O[C@H](C)C[C@H](N(C)C)[C@H]2O)[C@](C)(O)C[C@@H](C)C(=O)[C@H](C)[C@@H](O)[C@]1(C)O.O=C(O)[C@H](O)[C@H](O)[C@@H](O)[C@H](O)[C@H](O)CO. The number of ether oxygens (including phenoxy) is 6. The molecule has 22 heteroatoms. The first-order chi connectivity index (χ1) is 30.2. The van der Waals surface area contributed by atoms with Crippen molar-refractivity contribution in [3.63, 3.8) is 0 Å². The van der Waals surface area contributed by atoms with E-state index in [1.165, 1.54) is 27.9 Å². The van der Waals surface area contributed by atoms with Gasteiger partial charge in [-0.15, -0.1) is 0 Å². The van der Waals surface area contributed by atoms with Crippen LogP contribution in [0.3, 0.4) is 0 Å². The highest BCUT2D eigenvalue weighted by atomic mass is 16.7. The predicted octanol–water partition coefficient (Wildman–Crippen LogP) is -2.35. The van der Waals surface area contributed by atoms with Crippen LogP contribution >= 0.6 is 0 Å². The van der Waals surface area contributed by atoms with E-state index in [9.17, 15) is 39.9 Å². The highest BCUT2D eigenvalue weighted by Crippen LogP contribution is 2.41. The molecule has 0 aromatic carbocycles. The van der Waals surface area contributed by atoms with Crippen LogP contribution in [0.15, 0.2) is 0 Å². The maximum Gasteiger partial charge on any atom is 0.335 e. The van der Waals surface area contributed by atoms with E-state index >= 15 is 0 Å². The number of aliphatic carboxylic acids is 1. The lowest BCUT2D eigenvalue weighted by molar-refractivity contribution is -0.318. The number of methoxy groups -OCH3 is 1. The summed E-state index contributed by atoms with van der Waals surface area (Å²) < 4.78 is 37.1. The number of hydrogen-bond acceptors (Lipinski definition) is 21. The summed E-state index contributed by atoms with van der Waals surface area (Å²) in [4.78, 5) is 40.0. The van der Waals surface area contributed by atoms with Gasteiger partial charge in [-0.2, -0.15) is 0 Å². The van der Waals surface area contributed by atoms with Gasteiger partial charge in [0.1, 0.15) is 54.1 Å². The van der Waals surface area contributed by atoms with E-state index in [2.05, 4.69) is 0 Å². The van der Waals surface area contributed by atoms with Crippen molar-refractivity contribution in [1.29, 1.82) is 0 Å². The topological polar surface area (TPSA) is 353 Å². The third-order valence-corrected chi connectivity index (χ3v) is 13.7. The summed E-state index contributed by atoms with van der Waals surface area (Å²) in [6, 6.07) is -0.324. The molecule has 22 nitrogen and oxygen atoms in total. The molecule has 0 radical (unpaired) electrons. The van der Waals surface area contributed by atoms with Gasteiger partial charge in [0.05, 0.1) is 54.2 Å². The number of ketones is 1. The van der Waals surface area contributed by atoms with Gasteiger partial charge in [-0.25, -0.2) is 4.79 Å². The Morgan fingerprint density at radius 2 is 1.42 bits per heavy atom. The van der Waals surface area contributed by atoms with E-state index in [4.69, 9.17) is 64.2 Å². The number of esters is 1. The highest BCUT2D eigenvalue weighted by Gasteiger charge is 2.53. The van der Waals surface area contributed by atoms with Crippen molar-refractivity contribution in [3.8, 4) is 0 Å². The fourth-order valence-electron chi connectivity index (χ4n) is 9.28. The average Bonchev–Trinajstić information content (AvgIpc) is 3.25. The molecular weight excluding hydrogens is 878 g/mol. The molecule has 0 bridgehead atoms. The van der Waals surface area contributed by atoms with E-state index in [1.54, 1.807) is 41.5 Å². The summed E-state index contributed by atoms with van der Waals surface area (Å²) in [5.74, 6) is -6.76. The fraction of sp³-hybridized carbons (Fsp3) is 0.932. The summed E-state index contributed by atoms with van der Waals surface area (Å²) in [6.07, 6.45) is -20.0. The highest BCUT2D eigenvalue weighted by molar-refractivity contribution is 5.83. The Morgan fingerprint density at radius 3 is 1.92 bits per heavy atom.